The topological polar surface area (TPSA) is 72.4 Å². The molecule has 1 aliphatic rings. The summed E-state index contributed by atoms with van der Waals surface area (Å²) in [7, 11) is 0. The third kappa shape index (κ3) is 3.39. The molecule has 1 fully saturated rings. The Morgan fingerprint density at radius 2 is 1.83 bits per heavy atom. The molecule has 5 heteroatoms. The van der Waals surface area contributed by atoms with E-state index in [1.165, 1.54) is 0 Å². The fourth-order valence-corrected chi connectivity index (χ4v) is 3.44. The van der Waals surface area contributed by atoms with Crippen molar-refractivity contribution in [3.8, 4) is 0 Å². The maximum absolute atomic E-state index is 12.6. The van der Waals surface area contributed by atoms with Gasteiger partial charge in [0.2, 0.25) is 5.91 Å². The Kier molecular flexibility index (Phi) is 5.09. The molecule has 0 spiro atoms. The normalized spacial score (nSPS) is 25.5. The van der Waals surface area contributed by atoms with Gasteiger partial charge in [-0.1, -0.05) is 51.4 Å². The fourth-order valence-electron chi connectivity index (χ4n) is 3.31. The van der Waals surface area contributed by atoms with E-state index in [1.807, 2.05) is 43.0 Å². The van der Waals surface area contributed by atoms with Gasteiger partial charge in [0.1, 0.15) is 0 Å². The van der Waals surface area contributed by atoms with Crippen molar-refractivity contribution >= 4 is 17.5 Å². The zero-order chi connectivity index (χ0) is 17.4. The third-order valence-corrected chi connectivity index (χ3v) is 5.50. The molecule has 1 aliphatic heterocycles. The predicted molar refractivity (Wildman–Crippen MR) is 95.1 cm³/mol. The summed E-state index contributed by atoms with van der Waals surface area (Å²) < 4.78 is 0. The number of carbonyl (C=O) groups excluding carboxylic acids is 1. The van der Waals surface area contributed by atoms with E-state index in [9.17, 15) is 4.79 Å². The van der Waals surface area contributed by atoms with Gasteiger partial charge in [0, 0.05) is 29.1 Å². The number of hydrogen-bond acceptors (Lipinski definition) is 3. The van der Waals surface area contributed by atoms with Crippen LogP contribution in [0.1, 0.15) is 39.7 Å². The van der Waals surface area contributed by atoms with Gasteiger partial charge in [-0.15, -0.1) is 0 Å². The van der Waals surface area contributed by atoms with Gasteiger partial charge in [-0.25, -0.2) is 0 Å². The minimum atomic E-state index is -0.490. The lowest BCUT2D eigenvalue weighted by atomic mass is 9.64. The third-order valence-electron chi connectivity index (χ3n) is 5.24. The number of carbonyl (C=O) groups is 1. The van der Waals surface area contributed by atoms with Crippen LogP contribution in [-0.4, -0.2) is 29.9 Å². The SMILES string of the molecule is CC(C)C(N)C(=O)N1CC[C@@](N)(c2ccc(Cl)cc2)C(C)(C)C1. The standard InChI is InChI=1S/C18H28ClN3O/c1-12(2)15(20)16(23)22-10-9-18(21,17(3,4)11-22)13-5-7-14(19)8-6-13/h5-8,12,15H,9-11,20-21H2,1-4H3/t15?,18-/m1/s1. The van der Waals surface area contributed by atoms with E-state index in [0.717, 1.165) is 5.56 Å². The highest BCUT2D eigenvalue weighted by molar-refractivity contribution is 6.30. The second kappa shape index (κ2) is 6.42. The van der Waals surface area contributed by atoms with Crippen LogP contribution in [0, 0.1) is 11.3 Å². The molecule has 1 saturated heterocycles. The summed E-state index contributed by atoms with van der Waals surface area (Å²) in [6.45, 7) is 9.40. The van der Waals surface area contributed by atoms with Crippen LogP contribution in [0.4, 0.5) is 0 Å². The van der Waals surface area contributed by atoms with Gasteiger partial charge in [-0.3, -0.25) is 4.79 Å². The summed E-state index contributed by atoms with van der Waals surface area (Å²) in [6, 6.07) is 7.26. The Morgan fingerprint density at radius 1 is 1.26 bits per heavy atom. The molecule has 1 amide bonds. The average molecular weight is 338 g/mol. The molecule has 0 aromatic heterocycles. The molecule has 4 N–H and O–H groups in total. The highest BCUT2D eigenvalue weighted by Gasteiger charge is 2.48. The van der Waals surface area contributed by atoms with Crippen LogP contribution in [0.3, 0.4) is 0 Å². The number of likely N-dealkylation sites (tertiary alicyclic amines) is 1. The lowest BCUT2D eigenvalue weighted by molar-refractivity contribution is -0.138. The van der Waals surface area contributed by atoms with Gasteiger partial charge in [0.05, 0.1) is 6.04 Å². The number of halogens is 1. The molecule has 1 aromatic carbocycles. The smallest absolute Gasteiger partial charge is 0.239 e. The van der Waals surface area contributed by atoms with Gasteiger partial charge in [-0.05, 0) is 30.0 Å². The molecular weight excluding hydrogens is 310 g/mol. The van der Waals surface area contributed by atoms with Crippen molar-refractivity contribution in [2.24, 2.45) is 22.8 Å². The first-order valence-corrected chi connectivity index (χ1v) is 8.55. The van der Waals surface area contributed by atoms with Crippen molar-refractivity contribution in [2.75, 3.05) is 13.1 Å². The molecule has 1 aromatic rings. The van der Waals surface area contributed by atoms with E-state index < -0.39 is 11.6 Å². The zero-order valence-electron chi connectivity index (χ0n) is 14.5. The fraction of sp³-hybridized carbons (Fsp3) is 0.611. The zero-order valence-corrected chi connectivity index (χ0v) is 15.2. The summed E-state index contributed by atoms with van der Waals surface area (Å²) in [5.41, 5.74) is 13.1. The van der Waals surface area contributed by atoms with Crippen molar-refractivity contribution < 1.29 is 4.79 Å². The quantitative estimate of drug-likeness (QED) is 0.890. The Balaban J connectivity index is 2.23. The predicted octanol–water partition coefficient (Wildman–Crippen LogP) is 2.74. The van der Waals surface area contributed by atoms with Gasteiger partial charge < -0.3 is 16.4 Å². The van der Waals surface area contributed by atoms with Crippen molar-refractivity contribution in [2.45, 2.75) is 45.7 Å². The Hall–Kier alpha value is -1.10. The summed E-state index contributed by atoms with van der Waals surface area (Å²) in [4.78, 5) is 14.4. The highest BCUT2D eigenvalue weighted by atomic mass is 35.5. The first kappa shape index (κ1) is 18.2. The molecule has 128 valence electrons. The van der Waals surface area contributed by atoms with Crippen molar-refractivity contribution in [1.29, 1.82) is 0 Å². The maximum Gasteiger partial charge on any atom is 0.239 e. The molecule has 0 radical (unpaired) electrons. The van der Waals surface area contributed by atoms with Gasteiger partial charge in [0.15, 0.2) is 0 Å². The summed E-state index contributed by atoms with van der Waals surface area (Å²) >= 11 is 5.99. The monoisotopic (exact) mass is 337 g/mol. The van der Waals surface area contributed by atoms with Crippen LogP contribution in [0.2, 0.25) is 5.02 Å². The summed E-state index contributed by atoms with van der Waals surface area (Å²) in [5, 5.41) is 0.700. The number of piperidine rings is 1. The van der Waals surface area contributed by atoms with Crippen molar-refractivity contribution in [1.82, 2.24) is 4.90 Å². The first-order valence-electron chi connectivity index (χ1n) is 8.18. The van der Waals surface area contributed by atoms with Crippen LogP contribution in [0.15, 0.2) is 24.3 Å². The molecule has 0 saturated carbocycles. The van der Waals surface area contributed by atoms with Crippen LogP contribution in [0.25, 0.3) is 0 Å². The Morgan fingerprint density at radius 3 is 2.30 bits per heavy atom. The van der Waals surface area contributed by atoms with E-state index in [-0.39, 0.29) is 17.2 Å². The molecule has 4 nitrogen and oxygen atoms in total. The van der Waals surface area contributed by atoms with E-state index in [1.54, 1.807) is 0 Å². The van der Waals surface area contributed by atoms with Crippen molar-refractivity contribution in [3.05, 3.63) is 34.9 Å². The number of nitrogens with two attached hydrogens (primary N) is 2. The highest BCUT2D eigenvalue weighted by Crippen LogP contribution is 2.44. The number of rotatable bonds is 3. The largest absolute Gasteiger partial charge is 0.341 e. The van der Waals surface area contributed by atoms with E-state index >= 15 is 0 Å². The van der Waals surface area contributed by atoms with Crippen LogP contribution in [-0.2, 0) is 10.3 Å². The Bertz CT molecular complexity index is 570. The molecule has 0 aliphatic carbocycles. The molecule has 1 heterocycles. The number of amides is 1. The van der Waals surface area contributed by atoms with Gasteiger partial charge in [0.25, 0.3) is 0 Å². The van der Waals surface area contributed by atoms with Crippen molar-refractivity contribution in [3.63, 3.8) is 0 Å². The minimum absolute atomic E-state index is 0.0197. The van der Waals surface area contributed by atoms with Gasteiger partial charge in [-0.2, -0.15) is 0 Å². The van der Waals surface area contributed by atoms with Gasteiger partial charge >= 0.3 is 0 Å². The lowest BCUT2D eigenvalue weighted by Gasteiger charge is -2.52. The number of benzene rings is 1. The summed E-state index contributed by atoms with van der Waals surface area (Å²) in [6.07, 6.45) is 0.707. The summed E-state index contributed by atoms with van der Waals surface area (Å²) in [5.74, 6) is 0.151. The first-order chi connectivity index (χ1) is 10.6. The number of hydrogen-bond donors (Lipinski definition) is 2. The molecule has 23 heavy (non-hydrogen) atoms. The Labute approximate surface area is 144 Å². The molecular formula is C18H28ClN3O. The van der Waals surface area contributed by atoms with Crippen LogP contribution in [0.5, 0.6) is 0 Å². The van der Waals surface area contributed by atoms with E-state index in [4.69, 9.17) is 23.1 Å². The van der Waals surface area contributed by atoms with Crippen LogP contribution < -0.4 is 11.5 Å². The molecule has 2 rings (SSSR count). The second-order valence-electron chi connectivity index (χ2n) is 7.64. The molecule has 1 unspecified atom stereocenters. The van der Waals surface area contributed by atoms with E-state index in [0.29, 0.717) is 24.5 Å². The minimum Gasteiger partial charge on any atom is -0.341 e. The second-order valence-corrected chi connectivity index (χ2v) is 8.08. The number of nitrogens with zero attached hydrogens (tertiary/aromatic N) is 1. The molecule has 2 atom stereocenters. The lowest BCUT2D eigenvalue weighted by Crippen LogP contribution is -2.62. The average Bonchev–Trinajstić information content (AvgIpc) is 2.49. The van der Waals surface area contributed by atoms with E-state index in [2.05, 4.69) is 13.8 Å². The molecule has 0 bridgehead atoms. The maximum atomic E-state index is 12.6. The van der Waals surface area contributed by atoms with Crippen LogP contribution >= 0.6 is 11.6 Å².